The van der Waals surface area contributed by atoms with Gasteiger partial charge in [0.05, 0.1) is 17.2 Å². The minimum absolute atomic E-state index is 0.0158. The lowest BCUT2D eigenvalue weighted by atomic mass is 9.53. The molecular formula is C34H41Cl2FN4O3. The molecule has 2 aromatic rings. The molecule has 2 spiro atoms. The molecule has 2 aliphatic carbocycles. The second-order valence-electron chi connectivity index (χ2n) is 14.6. The van der Waals surface area contributed by atoms with Crippen LogP contribution in [0.25, 0.3) is 0 Å². The molecule has 2 amide bonds. The second-order valence-corrected chi connectivity index (χ2v) is 15.4. The summed E-state index contributed by atoms with van der Waals surface area (Å²) in [6.45, 7) is 5.91. The van der Waals surface area contributed by atoms with Gasteiger partial charge in [-0.05, 0) is 86.1 Å². The highest BCUT2D eigenvalue weighted by atomic mass is 35.5. The molecule has 5 aliphatic rings. The van der Waals surface area contributed by atoms with E-state index in [9.17, 15) is 14.7 Å². The Morgan fingerprint density at radius 1 is 1.05 bits per heavy atom. The number of fused-ring (bicyclic) bond motifs is 3. The number of anilines is 1. The van der Waals surface area contributed by atoms with Crippen molar-refractivity contribution in [2.24, 2.45) is 5.41 Å². The van der Waals surface area contributed by atoms with Crippen LogP contribution in [0.5, 0.6) is 0 Å². The van der Waals surface area contributed by atoms with E-state index in [1.165, 1.54) is 6.07 Å². The van der Waals surface area contributed by atoms with Crippen LogP contribution in [-0.2, 0) is 15.0 Å². The molecule has 3 atom stereocenters. The molecule has 0 aromatic heterocycles. The molecule has 3 heterocycles. The molecular weight excluding hydrogens is 602 g/mol. The normalized spacial score (nSPS) is 32.8. The highest BCUT2D eigenvalue weighted by molar-refractivity contribution is 6.31. The molecule has 10 heteroatoms. The van der Waals surface area contributed by atoms with Crippen LogP contribution in [0.2, 0.25) is 10.0 Å². The van der Waals surface area contributed by atoms with Crippen LogP contribution in [0.3, 0.4) is 0 Å². The van der Waals surface area contributed by atoms with Crippen molar-refractivity contribution in [3.63, 3.8) is 0 Å². The number of hydrogen-bond acceptors (Lipinski definition) is 5. The Bertz CT molecular complexity index is 1480. The monoisotopic (exact) mass is 642 g/mol. The Kier molecular flexibility index (Phi) is 7.57. The first-order chi connectivity index (χ1) is 20.9. The fourth-order valence-corrected chi connectivity index (χ4v) is 9.43. The molecule has 7 nitrogen and oxygen atoms in total. The minimum atomic E-state index is -1.26. The van der Waals surface area contributed by atoms with Crippen molar-refractivity contribution < 1.29 is 19.1 Å². The number of hydrogen-bond donors (Lipinski definition) is 4. The zero-order valence-electron chi connectivity index (χ0n) is 25.3. The average Bonchev–Trinajstić information content (AvgIpc) is 3.43. The average molecular weight is 644 g/mol. The number of β-amino-alcohol motifs (C(OH)–C–C–N with tert-alkyl or cyclic N) is 1. The SMILES string of the molecule is CC1(C)CCC2(CC1)N[C@@H](C(=O)NC1CCC(N3CC(O)C3)CC1)[C@H](c1cccc(Cl)c1F)C21C(=O)Nc2cc(Cl)ccc21. The summed E-state index contributed by atoms with van der Waals surface area (Å²) in [6, 6.07) is 9.82. The van der Waals surface area contributed by atoms with Gasteiger partial charge in [0, 0.05) is 47.3 Å². The van der Waals surface area contributed by atoms with Crippen LogP contribution >= 0.6 is 23.2 Å². The molecule has 2 aromatic carbocycles. The highest BCUT2D eigenvalue weighted by Gasteiger charge is 2.73. The van der Waals surface area contributed by atoms with E-state index in [1.54, 1.807) is 24.3 Å². The Labute approximate surface area is 268 Å². The number of carbonyl (C=O) groups excluding carboxylic acids is 2. The first-order valence-electron chi connectivity index (χ1n) is 16.0. The molecule has 1 unspecified atom stereocenters. The maximum absolute atomic E-state index is 16.1. The third-order valence-electron chi connectivity index (χ3n) is 11.5. The fourth-order valence-electron chi connectivity index (χ4n) is 9.08. The van der Waals surface area contributed by atoms with Crippen LogP contribution in [0.1, 0.15) is 82.3 Å². The smallest absolute Gasteiger partial charge is 0.238 e. The van der Waals surface area contributed by atoms with E-state index >= 15 is 4.39 Å². The van der Waals surface area contributed by atoms with Gasteiger partial charge in [-0.15, -0.1) is 0 Å². The predicted octanol–water partition coefficient (Wildman–Crippen LogP) is 5.52. The van der Waals surface area contributed by atoms with E-state index < -0.39 is 28.7 Å². The lowest BCUT2D eigenvalue weighted by molar-refractivity contribution is -0.125. The maximum atomic E-state index is 16.1. The minimum Gasteiger partial charge on any atom is -0.390 e. The number of aliphatic hydroxyl groups is 1. The van der Waals surface area contributed by atoms with Crippen molar-refractivity contribution in [2.75, 3.05) is 18.4 Å². The quantitative estimate of drug-likeness (QED) is 0.352. The number of likely N-dealkylation sites (tertiary alicyclic amines) is 1. The van der Waals surface area contributed by atoms with Gasteiger partial charge < -0.3 is 15.7 Å². The molecule has 4 N–H and O–H groups in total. The van der Waals surface area contributed by atoms with Gasteiger partial charge in [0.15, 0.2) is 0 Å². The summed E-state index contributed by atoms with van der Waals surface area (Å²) in [5.41, 5.74) is -0.345. The van der Waals surface area contributed by atoms with Crippen LogP contribution in [0.4, 0.5) is 10.1 Å². The number of nitrogens with one attached hydrogen (secondary N) is 3. The number of nitrogens with zero attached hydrogens (tertiary/aromatic N) is 1. The van der Waals surface area contributed by atoms with Crippen molar-refractivity contribution in [1.29, 1.82) is 0 Å². The van der Waals surface area contributed by atoms with Crippen LogP contribution in [-0.4, -0.2) is 64.7 Å². The zero-order chi connectivity index (χ0) is 31.0. The third kappa shape index (κ3) is 4.70. The number of rotatable bonds is 4. The topological polar surface area (TPSA) is 93.7 Å². The van der Waals surface area contributed by atoms with E-state index in [0.29, 0.717) is 29.6 Å². The van der Waals surface area contributed by atoms with Gasteiger partial charge in [-0.3, -0.25) is 19.8 Å². The highest BCUT2D eigenvalue weighted by Crippen LogP contribution is 2.64. The van der Waals surface area contributed by atoms with E-state index in [4.69, 9.17) is 23.2 Å². The van der Waals surface area contributed by atoms with Gasteiger partial charge in [-0.25, -0.2) is 4.39 Å². The Morgan fingerprint density at radius 3 is 2.43 bits per heavy atom. The van der Waals surface area contributed by atoms with Crippen LogP contribution in [0, 0.1) is 11.2 Å². The van der Waals surface area contributed by atoms with Crippen molar-refractivity contribution in [3.8, 4) is 0 Å². The predicted molar refractivity (Wildman–Crippen MR) is 170 cm³/mol. The molecule has 3 aliphatic heterocycles. The van der Waals surface area contributed by atoms with Crippen molar-refractivity contribution in [3.05, 3.63) is 63.4 Å². The Morgan fingerprint density at radius 2 is 1.75 bits per heavy atom. The summed E-state index contributed by atoms with van der Waals surface area (Å²) < 4.78 is 16.1. The molecule has 2 saturated heterocycles. The van der Waals surface area contributed by atoms with Gasteiger partial charge in [-0.1, -0.05) is 55.2 Å². The van der Waals surface area contributed by atoms with E-state index in [2.05, 4.69) is 34.7 Å². The lowest BCUT2D eigenvalue weighted by Crippen LogP contribution is -2.61. The standard InChI is InChI=1S/C34H41Cl2FN4O3/c1-32(2)12-14-33(15-13-32)34(24-11-6-19(35)16-26(24)39-31(34)44)27(23-4-3-5-25(36)28(23)37)29(40-33)30(43)38-20-7-9-21(10-8-20)41-17-22(42)18-41/h3-6,11,16,20-22,27,29,40,42H,7-10,12-15,17-18H2,1-2H3,(H,38,43)(H,39,44)/t20?,21?,27-,29+,34?/m0/s1. The summed E-state index contributed by atoms with van der Waals surface area (Å²) in [4.78, 5) is 31.4. The van der Waals surface area contributed by atoms with Gasteiger partial charge in [-0.2, -0.15) is 0 Å². The Hall–Kier alpha value is -2.23. The number of benzene rings is 2. The molecule has 2 saturated carbocycles. The van der Waals surface area contributed by atoms with Crippen LogP contribution < -0.4 is 16.0 Å². The maximum Gasteiger partial charge on any atom is 0.238 e. The second kappa shape index (κ2) is 10.9. The lowest BCUT2D eigenvalue weighted by Gasteiger charge is -2.50. The summed E-state index contributed by atoms with van der Waals surface area (Å²) in [5, 5.41) is 20.3. The molecule has 44 heavy (non-hydrogen) atoms. The van der Waals surface area contributed by atoms with Gasteiger partial charge in [0.1, 0.15) is 11.2 Å². The number of aliphatic hydroxyl groups excluding tert-OH is 1. The molecule has 7 rings (SSSR count). The van der Waals surface area contributed by atoms with Crippen molar-refractivity contribution in [1.82, 2.24) is 15.5 Å². The summed E-state index contributed by atoms with van der Waals surface area (Å²) >= 11 is 12.8. The van der Waals surface area contributed by atoms with Crippen LogP contribution in [0.15, 0.2) is 36.4 Å². The molecule has 0 bridgehead atoms. The Balaban J connectivity index is 1.29. The zero-order valence-corrected chi connectivity index (χ0v) is 26.8. The van der Waals surface area contributed by atoms with Crippen molar-refractivity contribution in [2.45, 2.75) is 106 Å². The van der Waals surface area contributed by atoms with Gasteiger partial charge >= 0.3 is 0 Å². The number of carbonyl (C=O) groups is 2. The van der Waals surface area contributed by atoms with Gasteiger partial charge in [0.2, 0.25) is 11.8 Å². The van der Waals surface area contributed by atoms with E-state index in [1.807, 2.05) is 6.07 Å². The molecule has 4 fully saturated rings. The fraction of sp³-hybridized carbons (Fsp3) is 0.588. The number of halogens is 3. The number of amides is 2. The van der Waals surface area contributed by atoms with E-state index in [-0.39, 0.29) is 40.0 Å². The first kappa shape index (κ1) is 30.4. The summed E-state index contributed by atoms with van der Waals surface area (Å²) in [6.07, 6.45) is 6.34. The largest absolute Gasteiger partial charge is 0.390 e. The van der Waals surface area contributed by atoms with Gasteiger partial charge in [0.25, 0.3) is 0 Å². The van der Waals surface area contributed by atoms with E-state index in [0.717, 1.165) is 57.2 Å². The first-order valence-corrected chi connectivity index (χ1v) is 16.8. The third-order valence-corrected chi connectivity index (χ3v) is 12.0. The summed E-state index contributed by atoms with van der Waals surface area (Å²) in [5.74, 6) is -1.89. The summed E-state index contributed by atoms with van der Waals surface area (Å²) in [7, 11) is 0. The van der Waals surface area contributed by atoms with Crippen molar-refractivity contribution >= 4 is 40.7 Å². The molecule has 236 valence electrons. The molecule has 0 radical (unpaired) electrons.